The molecule has 112 valence electrons. The Labute approximate surface area is 125 Å². The summed E-state index contributed by atoms with van der Waals surface area (Å²) in [6.07, 6.45) is 1.43. The summed E-state index contributed by atoms with van der Waals surface area (Å²) in [5.41, 5.74) is -0.171. The van der Waals surface area contributed by atoms with Crippen molar-refractivity contribution < 1.29 is 18.3 Å². The molecule has 0 bridgehead atoms. The van der Waals surface area contributed by atoms with E-state index in [9.17, 15) is 13.2 Å². The van der Waals surface area contributed by atoms with Gasteiger partial charge in [0.2, 0.25) is 10.0 Å². The summed E-state index contributed by atoms with van der Waals surface area (Å²) < 4.78 is 28.0. The average Bonchev–Trinajstić information content (AvgIpc) is 2.82. The fraction of sp³-hybridized carbons (Fsp3) is 0.182. The standard InChI is InChI=1S/C11H11ClN4O4S/c1-16-6-13-10(15-16)5-14-21(19,20)9-4-7(11(17)18)2-3-8(9)12/h2-4,6,14H,5H2,1H3,(H,17,18). The van der Waals surface area contributed by atoms with Crippen molar-refractivity contribution in [1.82, 2.24) is 19.5 Å². The number of aromatic nitrogens is 3. The van der Waals surface area contributed by atoms with Crippen molar-refractivity contribution >= 4 is 27.6 Å². The van der Waals surface area contributed by atoms with Crippen LogP contribution in [0.3, 0.4) is 0 Å². The van der Waals surface area contributed by atoms with E-state index in [1.165, 1.54) is 23.1 Å². The van der Waals surface area contributed by atoms with Crippen LogP contribution in [0, 0.1) is 0 Å². The molecule has 0 saturated carbocycles. The minimum Gasteiger partial charge on any atom is -0.478 e. The zero-order chi connectivity index (χ0) is 15.6. The van der Waals surface area contributed by atoms with Gasteiger partial charge in [0, 0.05) is 7.05 Å². The van der Waals surface area contributed by atoms with E-state index < -0.39 is 16.0 Å². The highest BCUT2D eigenvalue weighted by Gasteiger charge is 2.20. The maximum Gasteiger partial charge on any atom is 0.335 e. The van der Waals surface area contributed by atoms with Gasteiger partial charge in [-0.25, -0.2) is 22.9 Å². The Morgan fingerprint density at radius 3 is 2.76 bits per heavy atom. The lowest BCUT2D eigenvalue weighted by Crippen LogP contribution is -2.24. The quantitative estimate of drug-likeness (QED) is 0.831. The monoisotopic (exact) mass is 330 g/mol. The minimum atomic E-state index is -3.97. The molecule has 2 N–H and O–H groups in total. The smallest absolute Gasteiger partial charge is 0.335 e. The summed E-state index contributed by atoms with van der Waals surface area (Å²) in [7, 11) is -2.32. The van der Waals surface area contributed by atoms with Crippen LogP contribution in [0.15, 0.2) is 29.4 Å². The van der Waals surface area contributed by atoms with E-state index in [0.29, 0.717) is 0 Å². The molecule has 0 amide bonds. The molecule has 21 heavy (non-hydrogen) atoms. The Balaban J connectivity index is 2.26. The Hall–Kier alpha value is -1.97. The fourth-order valence-electron chi connectivity index (χ4n) is 1.54. The summed E-state index contributed by atoms with van der Waals surface area (Å²) in [5.74, 6) is -0.957. The number of hydrogen-bond acceptors (Lipinski definition) is 5. The Kier molecular flexibility index (Phi) is 4.26. The number of carboxylic acid groups (broad SMARTS) is 1. The topological polar surface area (TPSA) is 114 Å². The highest BCUT2D eigenvalue weighted by atomic mass is 35.5. The zero-order valence-electron chi connectivity index (χ0n) is 10.8. The lowest BCUT2D eigenvalue weighted by atomic mass is 10.2. The Bertz CT molecular complexity index is 787. The second-order valence-electron chi connectivity index (χ2n) is 4.11. The number of hydrogen-bond donors (Lipinski definition) is 2. The molecule has 0 atom stereocenters. The molecule has 0 spiro atoms. The number of nitrogens with one attached hydrogen (secondary N) is 1. The first-order valence-electron chi connectivity index (χ1n) is 5.66. The SMILES string of the molecule is Cn1cnc(CNS(=O)(=O)c2cc(C(=O)O)ccc2Cl)n1. The van der Waals surface area contributed by atoms with Crippen LogP contribution < -0.4 is 4.72 Å². The lowest BCUT2D eigenvalue weighted by molar-refractivity contribution is 0.0696. The highest BCUT2D eigenvalue weighted by Crippen LogP contribution is 2.22. The van der Waals surface area contributed by atoms with Crippen molar-refractivity contribution in [3.63, 3.8) is 0 Å². The third-order valence-corrected chi connectivity index (χ3v) is 4.42. The zero-order valence-corrected chi connectivity index (χ0v) is 12.4. The van der Waals surface area contributed by atoms with E-state index in [4.69, 9.17) is 16.7 Å². The van der Waals surface area contributed by atoms with Crippen molar-refractivity contribution in [2.45, 2.75) is 11.4 Å². The minimum absolute atomic E-state index is 0.0681. The van der Waals surface area contributed by atoms with E-state index >= 15 is 0 Å². The van der Waals surface area contributed by atoms with E-state index in [1.54, 1.807) is 7.05 Å². The van der Waals surface area contributed by atoms with Crippen LogP contribution in [0.5, 0.6) is 0 Å². The molecule has 1 heterocycles. The number of nitrogens with zero attached hydrogens (tertiary/aromatic N) is 3. The molecule has 1 aromatic carbocycles. The van der Waals surface area contributed by atoms with Crippen molar-refractivity contribution in [2.24, 2.45) is 7.05 Å². The van der Waals surface area contributed by atoms with E-state index in [-0.39, 0.29) is 27.9 Å². The maximum absolute atomic E-state index is 12.2. The van der Waals surface area contributed by atoms with Crippen molar-refractivity contribution in [1.29, 1.82) is 0 Å². The largest absolute Gasteiger partial charge is 0.478 e. The first-order chi connectivity index (χ1) is 9.79. The molecule has 0 unspecified atom stereocenters. The fourth-order valence-corrected chi connectivity index (χ4v) is 3.05. The van der Waals surface area contributed by atoms with Gasteiger partial charge in [-0.2, -0.15) is 5.10 Å². The molecule has 10 heteroatoms. The molecule has 1 aromatic heterocycles. The van der Waals surface area contributed by atoms with Crippen LogP contribution in [0.25, 0.3) is 0 Å². The second kappa shape index (κ2) is 5.80. The summed E-state index contributed by atoms with van der Waals surface area (Å²) >= 11 is 5.82. The number of halogens is 1. The van der Waals surface area contributed by atoms with E-state index in [2.05, 4.69) is 14.8 Å². The molecule has 8 nitrogen and oxygen atoms in total. The Morgan fingerprint density at radius 1 is 1.48 bits per heavy atom. The molecule has 0 saturated heterocycles. The van der Waals surface area contributed by atoms with Crippen LogP contribution in [0.1, 0.15) is 16.2 Å². The Morgan fingerprint density at radius 2 is 2.19 bits per heavy atom. The first-order valence-corrected chi connectivity index (χ1v) is 7.53. The van der Waals surface area contributed by atoms with Gasteiger partial charge in [0.15, 0.2) is 5.82 Å². The lowest BCUT2D eigenvalue weighted by Gasteiger charge is -2.07. The number of sulfonamides is 1. The molecule has 0 aliphatic heterocycles. The highest BCUT2D eigenvalue weighted by molar-refractivity contribution is 7.89. The van der Waals surface area contributed by atoms with Gasteiger partial charge in [-0.1, -0.05) is 11.6 Å². The first kappa shape index (κ1) is 15.4. The summed E-state index contributed by atoms with van der Waals surface area (Å²) in [6, 6.07) is 3.45. The van der Waals surface area contributed by atoms with Crippen molar-refractivity contribution in [3.8, 4) is 0 Å². The molecule has 0 fully saturated rings. The van der Waals surface area contributed by atoms with Crippen LogP contribution in [0.4, 0.5) is 0 Å². The van der Waals surface area contributed by atoms with Crippen molar-refractivity contribution in [2.75, 3.05) is 0 Å². The number of carbonyl (C=O) groups is 1. The summed E-state index contributed by atoms with van der Waals surface area (Å²) in [5, 5.41) is 12.8. The number of aryl methyl sites for hydroxylation is 1. The number of aromatic carboxylic acids is 1. The molecule has 0 radical (unpaired) electrons. The van der Waals surface area contributed by atoms with Gasteiger partial charge in [0.25, 0.3) is 0 Å². The third kappa shape index (κ3) is 3.57. The molecular formula is C11H11ClN4O4S. The predicted octanol–water partition coefficient (Wildman–Crippen LogP) is 0.645. The number of rotatable bonds is 5. The van der Waals surface area contributed by atoms with Gasteiger partial charge in [-0.3, -0.25) is 4.68 Å². The van der Waals surface area contributed by atoms with Gasteiger partial charge >= 0.3 is 5.97 Å². The van der Waals surface area contributed by atoms with Gasteiger partial charge in [-0.05, 0) is 18.2 Å². The summed E-state index contributed by atoms with van der Waals surface area (Å²) in [6.45, 7) is -0.128. The molecule has 0 aliphatic rings. The van der Waals surface area contributed by atoms with E-state index in [1.807, 2.05) is 0 Å². The molecule has 2 aromatic rings. The van der Waals surface area contributed by atoms with E-state index in [0.717, 1.165) is 6.07 Å². The molecular weight excluding hydrogens is 320 g/mol. The molecule has 2 rings (SSSR count). The van der Waals surface area contributed by atoms with Gasteiger partial charge in [0.1, 0.15) is 11.2 Å². The van der Waals surface area contributed by atoms with Crippen LogP contribution in [-0.2, 0) is 23.6 Å². The number of carboxylic acids is 1. The van der Waals surface area contributed by atoms with Crippen molar-refractivity contribution in [3.05, 3.63) is 40.9 Å². The van der Waals surface area contributed by atoms with Gasteiger partial charge in [0.05, 0.1) is 17.1 Å². The number of benzene rings is 1. The summed E-state index contributed by atoms with van der Waals surface area (Å²) in [4.78, 5) is 14.5. The third-order valence-electron chi connectivity index (χ3n) is 2.54. The van der Waals surface area contributed by atoms with Crippen LogP contribution in [0.2, 0.25) is 5.02 Å². The molecule has 0 aliphatic carbocycles. The average molecular weight is 331 g/mol. The van der Waals surface area contributed by atoms with Gasteiger partial charge in [-0.15, -0.1) is 0 Å². The second-order valence-corrected chi connectivity index (χ2v) is 6.25. The van der Waals surface area contributed by atoms with Crippen LogP contribution in [-0.4, -0.2) is 34.3 Å². The van der Waals surface area contributed by atoms with Crippen LogP contribution >= 0.6 is 11.6 Å². The maximum atomic E-state index is 12.2. The van der Waals surface area contributed by atoms with Gasteiger partial charge < -0.3 is 5.11 Å². The normalized spacial score (nSPS) is 11.5. The predicted molar refractivity (Wildman–Crippen MR) is 73.4 cm³/mol.